The number of rotatable bonds is 3. The van der Waals surface area contributed by atoms with Crippen LogP contribution in [0.5, 0.6) is 0 Å². The van der Waals surface area contributed by atoms with E-state index in [4.69, 9.17) is 15.6 Å². The molecule has 9 heteroatoms. The van der Waals surface area contributed by atoms with Crippen LogP contribution in [-0.2, 0) is 11.3 Å². The zero-order valence-electron chi connectivity index (χ0n) is 18.2. The number of carboxylic acids is 1. The summed E-state index contributed by atoms with van der Waals surface area (Å²) in [4.78, 5) is 27.2. The van der Waals surface area contributed by atoms with Crippen LogP contribution in [0.25, 0.3) is 10.9 Å². The molecule has 0 radical (unpaired) electrons. The van der Waals surface area contributed by atoms with Crippen LogP contribution in [-0.4, -0.2) is 46.1 Å². The number of amides is 1. The number of aliphatic carboxylic acids is 1. The van der Waals surface area contributed by atoms with Crippen molar-refractivity contribution in [2.24, 2.45) is 5.73 Å². The molecule has 0 spiro atoms. The van der Waals surface area contributed by atoms with Gasteiger partial charge in [-0.25, -0.2) is 4.79 Å². The van der Waals surface area contributed by atoms with Crippen LogP contribution in [0.4, 0.5) is 13.2 Å². The molecule has 1 amide bonds. The van der Waals surface area contributed by atoms with E-state index in [2.05, 4.69) is 42.2 Å². The zero-order chi connectivity index (χ0) is 24.2. The third-order valence-corrected chi connectivity index (χ3v) is 5.83. The Morgan fingerprint density at radius 3 is 2.39 bits per heavy atom. The minimum atomic E-state index is -5.08. The van der Waals surface area contributed by atoms with E-state index in [1.807, 2.05) is 23.2 Å². The Balaban J connectivity index is 0.000000383. The summed E-state index contributed by atoms with van der Waals surface area (Å²) in [7, 11) is 0. The molecule has 176 valence electrons. The predicted octanol–water partition coefficient (Wildman–Crippen LogP) is 4.59. The lowest BCUT2D eigenvalue weighted by Gasteiger charge is -2.32. The second-order valence-corrected chi connectivity index (χ2v) is 8.02. The number of nitrogens with two attached hydrogens (primary N) is 1. The molecule has 0 aliphatic carbocycles. The smallest absolute Gasteiger partial charge is 0.475 e. The maximum atomic E-state index is 13.1. The second kappa shape index (κ2) is 10.1. The maximum absolute atomic E-state index is 13.1. The molecule has 4 rings (SSSR count). The van der Waals surface area contributed by atoms with Gasteiger partial charge in [0, 0.05) is 36.7 Å². The Hall–Kier alpha value is -3.33. The number of aromatic nitrogens is 1. The lowest BCUT2D eigenvalue weighted by Crippen LogP contribution is -2.37. The molecule has 6 nitrogen and oxygen atoms in total. The van der Waals surface area contributed by atoms with Crippen LogP contribution in [0.15, 0.2) is 48.7 Å². The van der Waals surface area contributed by atoms with Gasteiger partial charge in [0.15, 0.2) is 0 Å². The van der Waals surface area contributed by atoms with Crippen molar-refractivity contribution in [2.45, 2.75) is 38.4 Å². The Kier molecular flexibility index (Phi) is 7.43. The molecule has 0 bridgehead atoms. The van der Waals surface area contributed by atoms with Gasteiger partial charge >= 0.3 is 12.1 Å². The fourth-order valence-electron chi connectivity index (χ4n) is 4.10. The van der Waals surface area contributed by atoms with Gasteiger partial charge < -0.3 is 20.7 Å². The number of piperidine rings is 1. The van der Waals surface area contributed by atoms with Crippen molar-refractivity contribution in [3.8, 4) is 0 Å². The summed E-state index contributed by atoms with van der Waals surface area (Å²) < 4.78 is 31.7. The Bertz CT molecular complexity index is 1130. The first-order chi connectivity index (χ1) is 15.6. The molecule has 2 heterocycles. The van der Waals surface area contributed by atoms with Gasteiger partial charge in [0.25, 0.3) is 5.91 Å². The topological polar surface area (TPSA) is 99.4 Å². The third-order valence-electron chi connectivity index (χ3n) is 5.83. The van der Waals surface area contributed by atoms with E-state index in [-0.39, 0.29) is 5.91 Å². The number of nitrogens with one attached hydrogen (secondary N) is 1. The number of carbonyl (C=O) groups is 2. The lowest BCUT2D eigenvalue weighted by atomic mass is 9.88. The molecule has 3 aromatic rings. The van der Waals surface area contributed by atoms with Crippen LogP contribution in [0.2, 0.25) is 0 Å². The second-order valence-electron chi connectivity index (χ2n) is 8.02. The Labute approximate surface area is 189 Å². The first-order valence-electron chi connectivity index (χ1n) is 10.6. The number of nitrogens with zero attached hydrogens (tertiary/aromatic N) is 1. The summed E-state index contributed by atoms with van der Waals surface area (Å²) in [5, 5.41) is 8.18. The minimum Gasteiger partial charge on any atom is -0.475 e. The maximum Gasteiger partial charge on any atom is 0.490 e. The van der Waals surface area contributed by atoms with Gasteiger partial charge in [-0.15, -0.1) is 0 Å². The van der Waals surface area contributed by atoms with Gasteiger partial charge in [-0.1, -0.05) is 36.4 Å². The molecule has 0 saturated carbocycles. The van der Waals surface area contributed by atoms with Gasteiger partial charge in [0.2, 0.25) is 0 Å². The van der Waals surface area contributed by atoms with Crippen molar-refractivity contribution in [2.75, 3.05) is 13.1 Å². The van der Waals surface area contributed by atoms with E-state index < -0.39 is 12.1 Å². The average molecular weight is 461 g/mol. The largest absolute Gasteiger partial charge is 0.490 e. The van der Waals surface area contributed by atoms with E-state index in [0.29, 0.717) is 12.5 Å². The standard InChI is InChI=1S/C22H25N3O.C2HF3O2/c1-15-4-2-7-20-21(15)19(14-24-20)22(26)25-10-8-17(9-11-25)18-6-3-5-16(12-18)13-23;3-2(4,5)1(6)7/h2-7,12,14,17,24H,8-11,13,23H2,1H3;(H,6,7). The van der Waals surface area contributed by atoms with Crippen LogP contribution in [0.3, 0.4) is 0 Å². The Morgan fingerprint density at radius 1 is 1.15 bits per heavy atom. The summed E-state index contributed by atoms with van der Waals surface area (Å²) >= 11 is 0. The summed E-state index contributed by atoms with van der Waals surface area (Å²) in [5.74, 6) is -2.11. The first-order valence-corrected chi connectivity index (χ1v) is 10.6. The molecule has 0 atom stereocenters. The van der Waals surface area contributed by atoms with E-state index in [0.717, 1.165) is 48.0 Å². The number of aryl methyl sites for hydroxylation is 1. The zero-order valence-corrected chi connectivity index (χ0v) is 18.2. The number of halogens is 3. The average Bonchev–Trinajstić information content (AvgIpc) is 3.24. The predicted molar refractivity (Wildman–Crippen MR) is 119 cm³/mol. The number of likely N-dealkylation sites (tertiary alicyclic amines) is 1. The summed E-state index contributed by atoms with van der Waals surface area (Å²) in [6, 6.07) is 14.7. The summed E-state index contributed by atoms with van der Waals surface area (Å²) in [5.41, 5.74) is 11.3. The molecule has 1 aliphatic heterocycles. The highest BCUT2D eigenvalue weighted by Crippen LogP contribution is 2.30. The van der Waals surface area contributed by atoms with Crippen LogP contribution >= 0.6 is 0 Å². The van der Waals surface area contributed by atoms with E-state index in [1.165, 1.54) is 11.1 Å². The van der Waals surface area contributed by atoms with Gasteiger partial charge in [-0.3, -0.25) is 4.79 Å². The van der Waals surface area contributed by atoms with E-state index in [1.54, 1.807) is 0 Å². The molecule has 1 aromatic heterocycles. The lowest BCUT2D eigenvalue weighted by molar-refractivity contribution is -0.192. The third kappa shape index (κ3) is 5.73. The van der Waals surface area contributed by atoms with Crippen molar-refractivity contribution >= 4 is 22.8 Å². The van der Waals surface area contributed by atoms with E-state index >= 15 is 0 Å². The van der Waals surface area contributed by atoms with Crippen molar-refractivity contribution in [1.29, 1.82) is 0 Å². The van der Waals surface area contributed by atoms with Crippen LogP contribution < -0.4 is 5.73 Å². The van der Waals surface area contributed by atoms with Crippen molar-refractivity contribution < 1.29 is 27.9 Å². The molecule has 1 fully saturated rings. The van der Waals surface area contributed by atoms with Gasteiger partial charge in [0.05, 0.1) is 5.56 Å². The van der Waals surface area contributed by atoms with Gasteiger partial charge in [-0.2, -0.15) is 13.2 Å². The summed E-state index contributed by atoms with van der Waals surface area (Å²) in [6.07, 6.45) is -1.22. The number of fused-ring (bicyclic) bond motifs is 1. The monoisotopic (exact) mass is 461 g/mol. The highest BCUT2D eigenvalue weighted by atomic mass is 19.4. The molecule has 1 saturated heterocycles. The minimum absolute atomic E-state index is 0.139. The quantitative estimate of drug-likeness (QED) is 0.531. The van der Waals surface area contributed by atoms with Crippen molar-refractivity contribution in [3.63, 3.8) is 0 Å². The Morgan fingerprint density at radius 2 is 1.79 bits per heavy atom. The van der Waals surface area contributed by atoms with Crippen LogP contribution in [0, 0.1) is 6.92 Å². The van der Waals surface area contributed by atoms with Gasteiger partial charge in [0.1, 0.15) is 0 Å². The number of alkyl halides is 3. The number of carbonyl (C=O) groups excluding carboxylic acids is 1. The van der Waals surface area contributed by atoms with Crippen LogP contribution in [0.1, 0.15) is 45.8 Å². The molecular weight excluding hydrogens is 435 g/mol. The fourth-order valence-corrected chi connectivity index (χ4v) is 4.10. The number of hydrogen-bond acceptors (Lipinski definition) is 3. The fraction of sp³-hybridized carbons (Fsp3) is 0.333. The highest BCUT2D eigenvalue weighted by molar-refractivity contribution is 6.07. The molecule has 4 N–H and O–H groups in total. The molecule has 2 aromatic carbocycles. The number of H-pyrrole nitrogens is 1. The number of benzene rings is 2. The number of hydrogen-bond donors (Lipinski definition) is 3. The van der Waals surface area contributed by atoms with Crippen molar-refractivity contribution in [1.82, 2.24) is 9.88 Å². The number of aromatic amines is 1. The SMILES string of the molecule is Cc1cccc2[nH]cc(C(=O)N3CCC(c4cccc(CN)c4)CC3)c12.O=C(O)C(F)(F)F. The summed E-state index contributed by atoms with van der Waals surface area (Å²) in [6.45, 7) is 4.23. The first kappa shape index (κ1) is 24.3. The molecular formula is C24H26F3N3O3. The molecule has 33 heavy (non-hydrogen) atoms. The molecule has 1 aliphatic rings. The van der Waals surface area contributed by atoms with Crippen molar-refractivity contribution in [3.05, 3.63) is 70.9 Å². The normalized spacial score (nSPS) is 14.6. The van der Waals surface area contributed by atoms with Gasteiger partial charge in [-0.05, 0) is 48.4 Å². The highest BCUT2D eigenvalue weighted by Gasteiger charge is 2.38. The van der Waals surface area contributed by atoms with E-state index in [9.17, 15) is 18.0 Å². The molecule has 0 unspecified atom stereocenters. The number of carboxylic acid groups (broad SMARTS) is 1.